The van der Waals surface area contributed by atoms with Crippen molar-refractivity contribution in [2.75, 3.05) is 4.90 Å². The highest BCUT2D eigenvalue weighted by atomic mass is 16.3. The molecule has 0 unspecified atom stereocenters. The van der Waals surface area contributed by atoms with Gasteiger partial charge in [0.15, 0.2) is 5.58 Å². The van der Waals surface area contributed by atoms with Crippen LogP contribution in [0.15, 0.2) is 174 Å². The molecule has 10 rings (SSSR count). The van der Waals surface area contributed by atoms with E-state index in [4.69, 9.17) is 19.4 Å². The number of hydrogen-bond donors (Lipinski definition) is 0. The standard InChI is InChI=1S/C48H34N4O/c1-48(2)39-29-33(46-45(31-13-5-3-6-14-31)49-41-17-9-10-18-42(41)50-46)23-27-37(39)38-28-26-36(30-40(38)48)52(34-15-7-4-8-16-34)35-24-21-32(22-25-35)47-51-43-19-11-12-20-44(43)53-47/h3-30H,1-2H3. The lowest BCUT2D eigenvalue weighted by atomic mass is 9.81. The number of nitrogens with zero attached hydrogens (tertiary/aromatic N) is 4. The van der Waals surface area contributed by atoms with Crippen molar-refractivity contribution in [3.05, 3.63) is 181 Å². The van der Waals surface area contributed by atoms with Gasteiger partial charge in [0.2, 0.25) is 5.89 Å². The number of aromatic nitrogens is 3. The van der Waals surface area contributed by atoms with Crippen LogP contribution in [0.4, 0.5) is 17.1 Å². The molecule has 0 atom stereocenters. The number of anilines is 3. The lowest BCUT2D eigenvalue weighted by molar-refractivity contribution is 0.620. The average molecular weight is 683 g/mol. The quantitative estimate of drug-likeness (QED) is 0.175. The highest BCUT2D eigenvalue weighted by Crippen LogP contribution is 2.52. The number of benzene rings is 7. The Labute approximate surface area is 307 Å². The molecule has 0 fully saturated rings. The summed E-state index contributed by atoms with van der Waals surface area (Å²) in [6, 6.07) is 59.0. The minimum atomic E-state index is -0.257. The summed E-state index contributed by atoms with van der Waals surface area (Å²) in [6.45, 7) is 4.66. The molecule has 0 N–H and O–H groups in total. The summed E-state index contributed by atoms with van der Waals surface area (Å²) < 4.78 is 6.08. The molecule has 0 radical (unpaired) electrons. The number of oxazole rings is 1. The molecule has 2 heterocycles. The third-order valence-electron chi connectivity index (χ3n) is 10.5. The van der Waals surface area contributed by atoms with Crippen LogP contribution in [0.25, 0.3) is 67.2 Å². The molecule has 0 spiro atoms. The van der Waals surface area contributed by atoms with E-state index in [0.29, 0.717) is 5.89 Å². The summed E-state index contributed by atoms with van der Waals surface area (Å²) in [5.74, 6) is 0.617. The van der Waals surface area contributed by atoms with Crippen molar-refractivity contribution in [3.63, 3.8) is 0 Å². The zero-order valence-corrected chi connectivity index (χ0v) is 29.4. The molecule has 5 heteroatoms. The molecule has 5 nitrogen and oxygen atoms in total. The molecule has 0 saturated carbocycles. The van der Waals surface area contributed by atoms with Crippen LogP contribution in [0.1, 0.15) is 25.0 Å². The second-order valence-corrected chi connectivity index (χ2v) is 14.1. The largest absolute Gasteiger partial charge is 0.436 e. The summed E-state index contributed by atoms with van der Waals surface area (Å²) >= 11 is 0. The van der Waals surface area contributed by atoms with Crippen LogP contribution in [0.2, 0.25) is 0 Å². The zero-order valence-electron chi connectivity index (χ0n) is 29.4. The first-order chi connectivity index (χ1) is 26.0. The molecule has 7 aromatic carbocycles. The topological polar surface area (TPSA) is 55.1 Å². The van der Waals surface area contributed by atoms with Gasteiger partial charge in [-0.15, -0.1) is 0 Å². The predicted molar refractivity (Wildman–Crippen MR) is 216 cm³/mol. The van der Waals surface area contributed by atoms with E-state index >= 15 is 0 Å². The van der Waals surface area contributed by atoms with E-state index in [0.717, 1.165) is 67.3 Å². The maximum Gasteiger partial charge on any atom is 0.227 e. The van der Waals surface area contributed by atoms with Gasteiger partial charge in [-0.05, 0) is 101 Å². The molecule has 0 bridgehead atoms. The fourth-order valence-corrected chi connectivity index (χ4v) is 7.78. The molecular formula is C48H34N4O. The van der Waals surface area contributed by atoms with Crippen LogP contribution >= 0.6 is 0 Å². The molecule has 1 aliphatic carbocycles. The Bertz CT molecular complexity index is 2770. The maximum atomic E-state index is 6.08. The van der Waals surface area contributed by atoms with Gasteiger partial charge in [0.25, 0.3) is 0 Å². The van der Waals surface area contributed by atoms with E-state index in [9.17, 15) is 0 Å². The van der Waals surface area contributed by atoms with Crippen molar-refractivity contribution < 1.29 is 4.42 Å². The smallest absolute Gasteiger partial charge is 0.227 e. The molecule has 1 aliphatic rings. The van der Waals surface area contributed by atoms with Gasteiger partial charge in [-0.1, -0.05) is 105 Å². The summed E-state index contributed by atoms with van der Waals surface area (Å²) in [5.41, 5.74) is 16.3. The van der Waals surface area contributed by atoms with Crippen molar-refractivity contribution in [1.82, 2.24) is 15.0 Å². The molecule has 53 heavy (non-hydrogen) atoms. The normalized spacial score (nSPS) is 12.9. The van der Waals surface area contributed by atoms with Crippen molar-refractivity contribution in [1.29, 1.82) is 0 Å². The molecular weight excluding hydrogens is 649 g/mol. The molecule has 2 aromatic heterocycles. The van der Waals surface area contributed by atoms with E-state index in [1.165, 1.54) is 22.3 Å². The monoisotopic (exact) mass is 682 g/mol. The van der Waals surface area contributed by atoms with Crippen molar-refractivity contribution >= 4 is 39.2 Å². The Kier molecular flexibility index (Phi) is 7.08. The second kappa shape index (κ2) is 12.1. The van der Waals surface area contributed by atoms with E-state index in [1.54, 1.807) is 0 Å². The minimum Gasteiger partial charge on any atom is -0.436 e. The minimum absolute atomic E-state index is 0.257. The van der Waals surface area contributed by atoms with E-state index in [2.05, 4.69) is 134 Å². The van der Waals surface area contributed by atoms with Gasteiger partial charge in [-0.3, -0.25) is 0 Å². The van der Waals surface area contributed by atoms with E-state index < -0.39 is 0 Å². The van der Waals surface area contributed by atoms with Gasteiger partial charge in [0.05, 0.1) is 22.4 Å². The Balaban J connectivity index is 1.05. The third-order valence-corrected chi connectivity index (χ3v) is 10.5. The van der Waals surface area contributed by atoms with Crippen LogP contribution in [-0.2, 0) is 5.41 Å². The Morgan fingerprint density at radius 2 is 0.962 bits per heavy atom. The van der Waals surface area contributed by atoms with Crippen LogP contribution in [0.5, 0.6) is 0 Å². The van der Waals surface area contributed by atoms with Gasteiger partial charge in [-0.25, -0.2) is 15.0 Å². The SMILES string of the molecule is CC1(C)c2cc(-c3nc4ccccc4nc3-c3ccccc3)ccc2-c2ccc(N(c3ccccc3)c3ccc(-c4nc5ccccc5o4)cc3)cc21. The Morgan fingerprint density at radius 1 is 0.434 bits per heavy atom. The fraction of sp³-hybridized carbons (Fsp3) is 0.0625. The van der Waals surface area contributed by atoms with Gasteiger partial charge < -0.3 is 9.32 Å². The third kappa shape index (κ3) is 5.20. The predicted octanol–water partition coefficient (Wildman–Crippen LogP) is 12.5. The van der Waals surface area contributed by atoms with Crippen LogP contribution in [0, 0.1) is 0 Å². The van der Waals surface area contributed by atoms with Crippen molar-refractivity contribution in [2.24, 2.45) is 0 Å². The second-order valence-electron chi connectivity index (χ2n) is 14.1. The number of para-hydroxylation sites is 5. The van der Waals surface area contributed by atoms with Gasteiger partial charge in [0, 0.05) is 39.2 Å². The van der Waals surface area contributed by atoms with Crippen LogP contribution in [-0.4, -0.2) is 15.0 Å². The van der Waals surface area contributed by atoms with Gasteiger partial charge >= 0.3 is 0 Å². The molecule has 252 valence electrons. The van der Waals surface area contributed by atoms with Gasteiger partial charge in [0.1, 0.15) is 5.52 Å². The number of rotatable bonds is 6. The maximum absolute atomic E-state index is 6.08. The van der Waals surface area contributed by atoms with Crippen LogP contribution in [0.3, 0.4) is 0 Å². The average Bonchev–Trinajstić information content (AvgIpc) is 3.75. The highest BCUT2D eigenvalue weighted by molar-refractivity contribution is 5.90. The lowest BCUT2D eigenvalue weighted by Crippen LogP contribution is -2.16. The molecule has 0 amide bonds. The summed E-state index contributed by atoms with van der Waals surface area (Å²) in [6.07, 6.45) is 0. The first kappa shape index (κ1) is 30.9. The van der Waals surface area contributed by atoms with Crippen LogP contribution < -0.4 is 4.90 Å². The lowest BCUT2D eigenvalue weighted by Gasteiger charge is -2.28. The van der Waals surface area contributed by atoms with Crippen molar-refractivity contribution in [2.45, 2.75) is 19.3 Å². The molecule has 0 aliphatic heterocycles. The summed E-state index contributed by atoms with van der Waals surface area (Å²) in [4.78, 5) is 17.4. The Morgan fingerprint density at radius 3 is 1.66 bits per heavy atom. The summed E-state index contributed by atoms with van der Waals surface area (Å²) in [5, 5.41) is 0. The highest BCUT2D eigenvalue weighted by Gasteiger charge is 2.36. The number of fused-ring (bicyclic) bond motifs is 5. The molecule has 9 aromatic rings. The Hall–Kier alpha value is -6.85. The fourth-order valence-electron chi connectivity index (χ4n) is 7.78. The first-order valence-corrected chi connectivity index (χ1v) is 17.9. The van der Waals surface area contributed by atoms with E-state index in [1.807, 2.05) is 54.6 Å². The van der Waals surface area contributed by atoms with Gasteiger partial charge in [-0.2, -0.15) is 0 Å². The van der Waals surface area contributed by atoms with E-state index in [-0.39, 0.29) is 5.41 Å². The molecule has 0 saturated heterocycles. The first-order valence-electron chi connectivity index (χ1n) is 17.9. The van der Waals surface area contributed by atoms with Crippen molar-refractivity contribution in [3.8, 4) is 45.1 Å². The number of hydrogen-bond acceptors (Lipinski definition) is 5. The summed E-state index contributed by atoms with van der Waals surface area (Å²) in [7, 11) is 0. The zero-order chi connectivity index (χ0) is 35.5.